The lowest BCUT2D eigenvalue weighted by atomic mass is 10.0. The van der Waals surface area contributed by atoms with Gasteiger partial charge in [0.05, 0.1) is 11.4 Å². The van der Waals surface area contributed by atoms with Gasteiger partial charge in [-0.2, -0.15) is 0 Å². The van der Waals surface area contributed by atoms with Crippen molar-refractivity contribution in [2.24, 2.45) is 0 Å². The number of hydrogen-bond acceptors (Lipinski definition) is 3. The van der Waals surface area contributed by atoms with Crippen molar-refractivity contribution in [2.75, 3.05) is 23.7 Å². The fourth-order valence-corrected chi connectivity index (χ4v) is 2.51. The van der Waals surface area contributed by atoms with E-state index in [0.717, 1.165) is 31.6 Å². The highest BCUT2D eigenvalue weighted by Crippen LogP contribution is 2.28. The highest BCUT2D eigenvalue weighted by molar-refractivity contribution is 5.73. The van der Waals surface area contributed by atoms with E-state index in [1.807, 2.05) is 0 Å². The topological polar surface area (TPSA) is 58.4 Å². The van der Waals surface area contributed by atoms with E-state index in [1.54, 1.807) is 13.0 Å². The standard InChI is InChI=1S/C14H20FN3O/c1-9-7-14(13(16)8-12(9)15)18-5-3-11(4-6-18)17-10(2)19/h7-8,11H,3-6,16H2,1-2H3,(H,17,19). The summed E-state index contributed by atoms with van der Waals surface area (Å²) in [4.78, 5) is 13.2. The van der Waals surface area contributed by atoms with Crippen LogP contribution in [-0.2, 0) is 4.79 Å². The number of anilines is 2. The molecule has 1 heterocycles. The predicted molar refractivity (Wildman–Crippen MR) is 74.6 cm³/mol. The summed E-state index contributed by atoms with van der Waals surface area (Å²) in [5.41, 5.74) is 7.85. The molecule has 1 saturated heterocycles. The van der Waals surface area contributed by atoms with Crippen LogP contribution in [0.25, 0.3) is 0 Å². The molecule has 104 valence electrons. The highest BCUT2D eigenvalue weighted by Gasteiger charge is 2.21. The molecule has 19 heavy (non-hydrogen) atoms. The molecular formula is C14H20FN3O. The van der Waals surface area contributed by atoms with Crippen LogP contribution in [0.5, 0.6) is 0 Å². The van der Waals surface area contributed by atoms with Crippen molar-refractivity contribution < 1.29 is 9.18 Å². The van der Waals surface area contributed by atoms with Gasteiger partial charge in [0.2, 0.25) is 5.91 Å². The fraction of sp³-hybridized carbons (Fsp3) is 0.500. The number of aryl methyl sites for hydroxylation is 1. The monoisotopic (exact) mass is 265 g/mol. The van der Waals surface area contributed by atoms with E-state index >= 15 is 0 Å². The largest absolute Gasteiger partial charge is 0.397 e. The minimum absolute atomic E-state index is 0.00981. The molecule has 2 rings (SSSR count). The molecule has 0 saturated carbocycles. The van der Waals surface area contributed by atoms with Crippen LogP contribution in [0.3, 0.4) is 0 Å². The Morgan fingerprint density at radius 1 is 1.42 bits per heavy atom. The normalized spacial score (nSPS) is 16.5. The summed E-state index contributed by atoms with van der Waals surface area (Å²) in [5.74, 6) is -0.259. The van der Waals surface area contributed by atoms with E-state index < -0.39 is 0 Å². The first-order valence-corrected chi connectivity index (χ1v) is 6.55. The maximum absolute atomic E-state index is 13.4. The van der Waals surface area contributed by atoms with E-state index in [9.17, 15) is 9.18 Å². The predicted octanol–water partition coefficient (Wildman–Crippen LogP) is 1.82. The van der Waals surface area contributed by atoms with Gasteiger partial charge in [-0.25, -0.2) is 4.39 Å². The number of halogens is 1. The molecule has 0 unspecified atom stereocenters. The first-order valence-electron chi connectivity index (χ1n) is 6.55. The average Bonchev–Trinajstić information content (AvgIpc) is 2.34. The van der Waals surface area contributed by atoms with Crippen LogP contribution in [0, 0.1) is 12.7 Å². The van der Waals surface area contributed by atoms with Gasteiger partial charge in [0.1, 0.15) is 5.82 Å². The summed E-state index contributed by atoms with van der Waals surface area (Å²) in [5, 5.41) is 2.93. The molecule has 0 spiro atoms. The lowest BCUT2D eigenvalue weighted by Crippen LogP contribution is -2.44. The Morgan fingerprint density at radius 2 is 2.05 bits per heavy atom. The number of hydrogen-bond donors (Lipinski definition) is 2. The number of nitrogens with two attached hydrogens (primary N) is 1. The Balaban J connectivity index is 2.05. The zero-order valence-corrected chi connectivity index (χ0v) is 11.4. The van der Waals surface area contributed by atoms with E-state index in [1.165, 1.54) is 13.0 Å². The van der Waals surface area contributed by atoms with Gasteiger partial charge in [-0.3, -0.25) is 4.79 Å². The quantitative estimate of drug-likeness (QED) is 0.802. The number of amides is 1. The van der Waals surface area contributed by atoms with Gasteiger partial charge < -0.3 is 16.0 Å². The van der Waals surface area contributed by atoms with E-state index in [4.69, 9.17) is 5.73 Å². The minimum atomic E-state index is -0.269. The van der Waals surface area contributed by atoms with Gasteiger partial charge >= 0.3 is 0 Å². The highest BCUT2D eigenvalue weighted by atomic mass is 19.1. The number of carbonyl (C=O) groups is 1. The minimum Gasteiger partial charge on any atom is -0.397 e. The van der Waals surface area contributed by atoms with Gasteiger partial charge in [-0.05, 0) is 37.5 Å². The molecule has 1 aromatic rings. The summed E-state index contributed by atoms with van der Waals surface area (Å²) >= 11 is 0. The third kappa shape index (κ3) is 3.16. The number of benzene rings is 1. The summed E-state index contributed by atoms with van der Waals surface area (Å²) in [7, 11) is 0. The van der Waals surface area contributed by atoms with Crippen molar-refractivity contribution in [3.05, 3.63) is 23.5 Å². The summed E-state index contributed by atoms with van der Waals surface area (Å²) < 4.78 is 13.4. The number of nitrogens with zero attached hydrogens (tertiary/aromatic N) is 1. The molecule has 1 fully saturated rings. The summed E-state index contributed by atoms with van der Waals surface area (Å²) in [6, 6.07) is 3.41. The number of rotatable bonds is 2. The maximum atomic E-state index is 13.4. The van der Waals surface area contributed by atoms with Crippen LogP contribution < -0.4 is 16.0 Å². The van der Waals surface area contributed by atoms with Gasteiger partial charge in [0.25, 0.3) is 0 Å². The molecule has 0 aromatic heterocycles. The molecule has 1 amide bonds. The molecule has 0 radical (unpaired) electrons. The van der Waals surface area contributed by atoms with Crippen molar-refractivity contribution in [2.45, 2.75) is 32.7 Å². The third-order valence-corrected chi connectivity index (χ3v) is 3.55. The Kier molecular flexibility index (Phi) is 3.93. The summed E-state index contributed by atoms with van der Waals surface area (Å²) in [6.07, 6.45) is 1.77. The van der Waals surface area contributed by atoms with Crippen molar-refractivity contribution in [1.82, 2.24) is 5.32 Å². The number of carbonyl (C=O) groups excluding carboxylic acids is 1. The van der Waals surface area contributed by atoms with Crippen LogP contribution in [0.4, 0.5) is 15.8 Å². The van der Waals surface area contributed by atoms with Crippen molar-refractivity contribution in [3.63, 3.8) is 0 Å². The molecule has 4 nitrogen and oxygen atoms in total. The Morgan fingerprint density at radius 3 is 2.63 bits per heavy atom. The molecule has 1 aliphatic heterocycles. The molecule has 0 aliphatic carbocycles. The third-order valence-electron chi connectivity index (χ3n) is 3.55. The van der Waals surface area contributed by atoms with Crippen LogP contribution in [0.1, 0.15) is 25.3 Å². The van der Waals surface area contributed by atoms with Crippen LogP contribution in [0.15, 0.2) is 12.1 Å². The first-order chi connectivity index (χ1) is 8.97. The molecular weight excluding hydrogens is 245 g/mol. The molecule has 0 atom stereocenters. The lowest BCUT2D eigenvalue weighted by molar-refractivity contribution is -0.119. The SMILES string of the molecule is CC(=O)NC1CCN(c2cc(C)c(F)cc2N)CC1. The second-order valence-electron chi connectivity index (χ2n) is 5.12. The van der Waals surface area contributed by atoms with E-state index in [0.29, 0.717) is 11.3 Å². The zero-order chi connectivity index (χ0) is 14.0. The summed E-state index contributed by atoms with van der Waals surface area (Å²) in [6.45, 7) is 4.91. The van der Waals surface area contributed by atoms with Crippen LogP contribution >= 0.6 is 0 Å². The fourth-order valence-electron chi connectivity index (χ4n) is 2.51. The molecule has 0 bridgehead atoms. The zero-order valence-electron chi connectivity index (χ0n) is 11.4. The number of piperidine rings is 1. The van der Waals surface area contributed by atoms with E-state index in [2.05, 4.69) is 10.2 Å². The van der Waals surface area contributed by atoms with Crippen LogP contribution in [0.2, 0.25) is 0 Å². The second-order valence-corrected chi connectivity index (χ2v) is 5.12. The van der Waals surface area contributed by atoms with Crippen LogP contribution in [-0.4, -0.2) is 25.0 Å². The van der Waals surface area contributed by atoms with Crippen molar-refractivity contribution >= 4 is 17.3 Å². The van der Waals surface area contributed by atoms with Crippen molar-refractivity contribution in [1.29, 1.82) is 0 Å². The smallest absolute Gasteiger partial charge is 0.217 e. The first kappa shape index (κ1) is 13.6. The molecule has 5 heteroatoms. The molecule has 1 aliphatic rings. The average molecular weight is 265 g/mol. The lowest BCUT2D eigenvalue weighted by Gasteiger charge is -2.34. The maximum Gasteiger partial charge on any atom is 0.217 e. The van der Waals surface area contributed by atoms with Gasteiger partial charge in [-0.15, -0.1) is 0 Å². The molecule has 3 N–H and O–H groups in total. The van der Waals surface area contributed by atoms with Gasteiger partial charge in [0, 0.05) is 26.1 Å². The van der Waals surface area contributed by atoms with Gasteiger partial charge in [-0.1, -0.05) is 0 Å². The molecule has 1 aromatic carbocycles. The van der Waals surface area contributed by atoms with E-state index in [-0.39, 0.29) is 17.8 Å². The second kappa shape index (κ2) is 5.47. The Bertz CT molecular complexity index is 482. The Hall–Kier alpha value is -1.78. The Labute approximate surface area is 112 Å². The number of nitrogens with one attached hydrogen (secondary N) is 1. The van der Waals surface area contributed by atoms with Gasteiger partial charge in [0.15, 0.2) is 0 Å². The number of nitrogen functional groups attached to an aromatic ring is 1. The van der Waals surface area contributed by atoms with Crippen molar-refractivity contribution in [3.8, 4) is 0 Å².